The van der Waals surface area contributed by atoms with Gasteiger partial charge in [0.2, 0.25) is 0 Å². The lowest BCUT2D eigenvalue weighted by Gasteiger charge is -2.17. The normalized spacial score (nSPS) is 11.8. The standard InChI is InChI=1S/C15H17N3O3/c1-9-12(10(2)18-17-9)14(19)16-13(15(20)21-3)11-7-5-4-6-8-11/h4-8,13H,1-3H3,(H,16,19)(H,17,18). The highest BCUT2D eigenvalue weighted by molar-refractivity contribution is 5.98. The highest BCUT2D eigenvalue weighted by Crippen LogP contribution is 2.17. The van der Waals surface area contributed by atoms with Crippen LogP contribution in [-0.4, -0.2) is 29.2 Å². The summed E-state index contributed by atoms with van der Waals surface area (Å²) < 4.78 is 4.77. The highest BCUT2D eigenvalue weighted by Gasteiger charge is 2.26. The van der Waals surface area contributed by atoms with Gasteiger partial charge >= 0.3 is 5.97 Å². The summed E-state index contributed by atoms with van der Waals surface area (Å²) in [6.07, 6.45) is 0. The van der Waals surface area contributed by atoms with E-state index < -0.39 is 12.0 Å². The molecule has 1 unspecified atom stereocenters. The van der Waals surface area contributed by atoms with Crippen LogP contribution in [0.25, 0.3) is 0 Å². The number of hydrogen-bond acceptors (Lipinski definition) is 4. The van der Waals surface area contributed by atoms with E-state index in [9.17, 15) is 9.59 Å². The summed E-state index contributed by atoms with van der Waals surface area (Å²) in [6, 6.07) is 8.10. The number of amides is 1. The minimum atomic E-state index is -0.850. The second-order valence-electron chi connectivity index (χ2n) is 4.65. The zero-order valence-corrected chi connectivity index (χ0v) is 12.1. The van der Waals surface area contributed by atoms with Crippen LogP contribution in [0.3, 0.4) is 0 Å². The number of carbonyl (C=O) groups excluding carboxylic acids is 2. The zero-order chi connectivity index (χ0) is 15.4. The van der Waals surface area contributed by atoms with Crippen molar-refractivity contribution in [2.45, 2.75) is 19.9 Å². The van der Waals surface area contributed by atoms with Gasteiger partial charge in [-0.05, 0) is 19.4 Å². The number of aryl methyl sites for hydroxylation is 2. The fraction of sp³-hybridized carbons (Fsp3) is 0.267. The minimum Gasteiger partial charge on any atom is -0.467 e. The molecule has 1 aromatic carbocycles. The van der Waals surface area contributed by atoms with E-state index in [0.29, 0.717) is 22.5 Å². The van der Waals surface area contributed by atoms with Crippen molar-refractivity contribution in [2.24, 2.45) is 0 Å². The second kappa shape index (κ2) is 6.21. The number of benzene rings is 1. The fourth-order valence-corrected chi connectivity index (χ4v) is 2.13. The van der Waals surface area contributed by atoms with Crippen molar-refractivity contribution in [3.8, 4) is 0 Å². The molecule has 0 aliphatic rings. The Morgan fingerprint density at radius 3 is 2.43 bits per heavy atom. The van der Waals surface area contributed by atoms with Crippen LogP contribution in [0.4, 0.5) is 0 Å². The van der Waals surface area contributed by atoms with Crippen LogP contribution in [-0.2, 0) is 9.53 Å². The Morgan fingerprint density at radius 1 is 1.24 bits per heavy atom. The predicted octanol–water partition coefficient (Wildman–Crippen LogP) is 1.67. The van der Waals surface area contributed by atoms with Gasteiger partial charge in [0, 0.05) is 5.69 Å². The van der Waals surface area contributed by atoms with Gasteiger partial charge in [-0.15, -0.1) is 0 Å². The topological polar surface area (TPSA) is 84.1 Å². The Kier molecular flexibility index (Phi) is 4.37. The summed E-state index contributed by atoms with van der Waals surface area (Å²) in [4.78, 5) is 24.3. The molecule has 6 nitrogen and oxygen atoms in total. The summed E-state index contributed by atoms with van der Waals surface area (Å²) in [7, 11) is 1.29. The van der Waals surface area contributed by atoms with Crippen LogP contribution in [0.1, 0.15) is 33.4 Å². The third-order valence-corrected chi connectivity index (χ3v) is 3.20. The first-order chi connectivity index (χ1) is 10.0. The van der Waals surface area contributed by atoms with E-state index in [1.807, 2.05) is 6.07 Å². The molecule has 0 spiro atoms. The van der Waals surface area contributed by atoms with Gasteiger partial charge in [-0.25, -0.2) is 4.79 Å². The van der Waals surface area contributed by atoms with E-state index in [-0.39, 0.29) is 5.91 Å². The monoisotopic (exact) mass is 287 g/mol. The quantitative estimate of drug-likeness (QED) is 0.838. The van der Waals surface area contributed by atoms with Crippen molar-refractivity contribution in [2.75, 3.05) is 7.11 Å². The number of hydrogen-bond donors (Lipinski definition) is 2. The molecule has 6 heteroatoms. The van der Waals surface area contributed by atoms with Crippen molar-refractivity contribution in [3.05, 3.63) is 52.8 Å². The van der Waals surface area contributed by atoms with Gasteiger partial charge in [-0.2, -0.15) is 5.10 Å². The maximum Gasteiger partial charge on any atom is 0.333 e. The van der Waals surface area contributed by atoms with Crippen LogP contribution in [0, 0.1) is 13.8 Å². The van der Waals surface area contributed by atoms with Crippen LogP contribution in [0.15, 0.2) is 30.3 Å². The Balaban J connectivity index is 2.28. The van der Waals surface area contributed by atoms with Crippen LogP contribution in [0.5, 0.6) is 0 Å². The number of aromatic amines is 1. The molecular weight excluding hydrogens is 270 g/mol. The molecule has 0 aliphatic carbocycles. The van der Waals surface area contributed by atoms with E-state index >= 15 is 0 Å². The zero-order valence-electron chi connectivity index (χ0n) is 12.1. The van der Waals surface area contributed by atoms with Crippen LogP contribution >= 0.6 is 0 Å². The Labute approximate surface area is 122 Å². The predicted molar refractivity (Wildman–Crippen MR) is 76.7 cm³/mol. The molecule has 21 heavy (non-hydrogen) atoms. The van der Waals surface area contributed by atoms with E-state index in [4.69, 9.17) is 4.74 Å². The van der Waals surface area contributed by atoms with Crippen molar-refractivity contribution in [1.29, 1.82) is 0 Å². The molecule has 0 radical (unpaired) electrons. The number of ether oxygens (including phenoxy) is 1. The van der Waals surface area contributed by atoms with Gasteiger partial charge in [0.15, 0.2) is 6.04 Å². The number of esters is 1. The lowest BCUT2D eigenvalue weighted by atomic mass is 10.1. The number of rotatable bonds is 4. The van der Waals surface area contributed by atoms with Gasteiger partial charge in [-0.3, -0.25) is 9.89 Å². The van der Waals surface area contributed by atoms with Gasteiger partial charge in [0.1, 0.15) is 0 Å². The lowest BCUT2D eigenvalue weighted by Crippen LogP contribution is -2.35. The Bertz CT molecular complexity index is 630. The first-order valence-corrected chi connectivity index (χ1v) is 6.49. The number of H-pyrrole nitrogens is 1. The highest BCUT2D eigenvalue weighted by atomic mass is 16.5. The summed E-state index contributed by atoms with van der Waals surface area (Å²) >= 11 is 0. The largest absolute Gasteiger partial charge is 0.467 e. The van der Waals surface area contributed by atoms with Gasteiger partial charge in [0.05, 0.1) is 18.4 Å². The molecule has 2 N–H and O–H groups in total. The molecule has 0 bridgehead atoms. The average molecular weight is 287 g/mol. The van der Waals surface area contributed by atoms with E-state index in [1.165, 1.54) is 7.11 Å². The summed E-state index contributed by atoms with van der Waals surface area (Å²) in [5.74, 6) is -0.883. The molecule has 1 atom stereocenters. The molecule has 1 heterocycles. The van der Waals surface area contributed by atoms with Crippen molar-refractivity contribution in [1.82, 2.24) is 15.5 Å². The molecule has 2 rings (SSSR count). The first kappa shape index (κ1) is 14.8. The first-order valence-electron chi connectivity index (χ1n) is 6.49. The molecule has 1 amide bonds. The fourth-order valence-electron chi connectivity index (χ4n) is 2.13. The van der Waals surface area contributed by atoms with Crippen molar-refractivity contribution >= 4 is 11.9 Å². The van der Waals surface area contributed by atoms with Crippen molar-refractivity contribution in [3.63, 3.8) is 0 Å². The molecule has 0 fully saturated rings. The van der Waals surface area contributed by atoms with E-state index in [2.05, 4.69) is 15.5 Å². The molecule has 0 saturated heterocycles. The van der Waals surface area contributed by atoms with Gasteiger partial charge in [-0.1, -0.05) is 30.3 Å². The summed E-state index contributed by atoms with van der Waals surface area (Å²) in [5, 5.41) is 9.42. The number of aromatic nitrogens is 2. The number of carbonyl (C=O) groups is 2. The summed E-state index contributed by atoms with van der Waals surface area (Å²) in [5.41, 5.74) is 2.35. The smallest absolute Gasteiger partial charge is 0.333 e. The molecule has 110 valence electrons. The third-order valence-electron chi connectivity index (χ3n) is 3.20. The maximum atomic E-state index is 12.4. The van der Waals surface area contributed by atoms with E-state index in [1.54, 1.807) is 38.1 Å². The molecule has 2 aromatic rings. The SMILES string of the molecule is COC(=O)C(NC(=O)c1c(C)n[nH]c1C)c1ccccc1. The third kappa shape index (κ3) is 3.10. The van der Waals surface area contributed by atoms with E-state index in [0.717, 1.165) is 0 Å². The second-order valence-corrected chi connectivity index (χ2v) is 4.65. The number of nitrogens with zero attached hydrogens (tertiary/aromatic N) is 1. The molecule has 0 aliphatic heterocycles. The van der Waals surface area contributed by atoms with Gasteiger partial charge < -0.3 is 10.1 Å². The molecule has 1 aromatic heterocycles. The number of nitrogens with one attached hydrogen (secondary N) is 2. The van der Waals surface area contributed by atoms with Gasteiger partial charge in [0.25, 0.3) is 5.91 Å². The lowest BCUT2D eigenvalue weighted by molar-refractivity contribution is -0.143. The minimum absolute atomic E-state index is 0.363. The van der Waals surface area contributed by atoms with Crippen molar-refractivity contribution < 1.29 is 14.3 Å². The van der Waals surface area contributed by atoms with Crippen LogP contribution in [0.2, 0.25) is 0 Å². The average Bonchev–Trinajstić information content (AvgIpc) is 2.84. The maximum absolute atomic E-state index is 12.4. The molecule has 0 saturated carbocycles. The van der Waals surface area contributed by atoms with Crippen LogP contribution < -0.4 is 5.32 Å². The molecular formula is C15H17N3O3. The Morgan fingerprint density at radius 2 is 1.90 bits per heavy atom. The Hall–Kier alpha value is -2.63. The number of methoxy groups -OCH3 is 1. The summed E-state index contributed by atoms with van der Waals surface area (Å²) in [6.45, 7) is 3.48.